The Morgan fingerprint density at radius 1 is 1.24 bits per heavy atom. The molecule has 0 aliphatic rings. The Bertz CT molecular complexity index is 771. The lowest BCUT2D eigenvalue weighted by atomic mass is 10.1. The monoisotopic (exact) mass is 429 g/mol. The van der Waals surface area contributed by atoms with E-state index in [2.05, 4.69) is 34.1 Å². The van der Waals surface area contributed by atoms with E-state index in [4.69, 9.17) is 10.6 Å². The van der Waals surface area contributed by atoms with Crippen LogP contribution in [0.1, 0.15) is 20.3 Å². The predicted molar refractivity (Wildman–Crippen MR) is 106 cm³/mol. The lowest BCUT2D eigenvalue weighted by Gasteiger charge is -2.08. The van der Waals surface area contributed by atoms with Crippen LogP contribution in [0.25, 0.3) is 11.4 Å². The summed E-state index contributed by atoms with van der Waals surface area (Å²) in [4.78, 5) is 11.9. The van der Waals surface area contributed by atoms with E-state index in [9.17, 15) is 13.6 Å². The Balaban J connectivity index is 1.78. The van der Waals surface area contributed by atoms with Crippen molar-refractivity contribution in [3.8, 4) is 17.1 Å². The van der Waals surface area contributed by atoms with Crippen molar-refractivity contribution in [1.29, 1.82) is 0 Å². The number of ether oxygens (including phenoxy) is 2. The number of hydrogen-bond donors (Lipinski definition) is 2. The van der Waals surface area contributed by atoms with Gasteiger partial charge in [0.05, 0.1) is 12.4 Å². The highest BCUT2D eigenvalue weighted by atomic mass is 32.2. The quantitative estimate of drug-likeness (QED) is 0.303. The molecule has 0 bridgehead atoms. The van der Waals surface area contributed by atoms with Gasteiger partial charge in [-0.25, -0.2) is 4.68 Å². The van der Waals surface area contributed by atoms with Crippen LogP contribution in [-0.4, -0.2) is 52.9 Å². The van der Waals surface area contributed by atoms with Gasteiger partial charge in [-0.05, 0) is 36.6 Å². The molecule has 0 aliphatic heterocycles. The SMILES string of the molecule is CC(C)CCOCCNC(=O)CSc1nnc(-c2ccc(OC(F)F)cc2)n1N. The fraction of sp³-hybridized carbons (Fsp3) is 0.500. The molecule has 11 heteroatoms. The zero-order chi connectivity index (χ0) is 21.2. The number of aromatic nitrogens is 3. The zero-order valence-corrected chi connectivity index (χ0v) is 17.1. The van der Waals surface area contributed by atoms with Crippen LogP contribution in [0.15, 0.2) is 29.4 Å². The average Bonchev–Trinajstić information content (AvgIpc) is 3.03. The number of nitrogens with two attached hydrogens (primary N) is 1. The summed E-state index contributed by atoms with van der Waals surface area (Å²) in [5.74, 6) is 6.91. The van der Waals surface area contributed by atoms with E-state index in [1.807, 2.05) is 0 Å². The molecule has 8 nitrogen and oxygen atoms in total. The molecule has 160 valence electrons. The minimum atomic E-state index is -2.89. The lowest BCUT2D eigenvalue weighted by molar-refractivity contribution is -0.118. The number of hydrogen-bond acceptors (Lipinski definition) is 7. The van der Waals surface area contributed by atoms with Gasteiger partial charge in [-0.15, -0.1) is 10.2 Å². The minimum Gasteiger partial charge on any atom is -0.435 e. The van der Waals surface area contributed by atoms with Crippen molar-refractivity contribution in [2.45, 2.75) is 32.0 Å². The van der Waals surface area contributed by atoms with Crippen molar-refractivity contribution in [3.63, 3.8) is 0 Å². The molecular weight excluding hydrogens is 404 g/mol. The fourth-order valence-corrected chi connectivity index (χ4v) is 2.91. The molecule has 1 aromatic heterocycles. The number of nitrogens with zero attached hydrogens (tertiary/aromatic N) is 3. The highest BCUT2D eigenvalue weighted by Gasteiger charge is 2.14. The molecule has 3 N–H and O–H groups in total. The second-order valence-electron chi connectivity index (χ2n) is 6.51. The number of nitrogens with one attached hydrogen (secondary N) is 1. The molecular formula is C18H25F2N5O3S. The third-order valence-corrected chi connectivity index (χ3v) is 4.69. The van der Waals surface area contributed by atoms with Gasteiger partial charge in [-0.1, -0.05) is 25.6 Å². The number of alkyl halides is 2. The van der Waals surface area contributed by atoms with Crippen molar-refractivity contribution in [2.75, 3.05) is 31.4 Å². The van der Waals surface area contributed by atoms with Gasteiger partial charge in [-0.2, -0.15) is 8.78 Å². The number of halogens is 2. The molecule has 1 heterocycles. The highest BCUT2D eigenvalue weighted by molar-refractivity contribution is 7.99. The third kappa shape index (κ3) is 7.86. The van der Waals surface area contributed by atoms with Crippen LogP contribution in [0.5, 0.6) is 5.75 Å². The summed E-state index contributed by atoms with van der Waals surface area (Å²) in [5, 5.41) is 11.1. The van der Waals surface area contributed by atoms with E-state index in [1.165, 1.54) is 16.8 Å². The Morgan fingerprint density at radius 2 is 1.97 bits per heavy atom. The molecule has 0 unspecified atom stereocenters. The number of carbonyl (C=O) groups is 1. The van der Waals surface area contributed by atoms with Crippen LogP contribution < -0.4 is 15.9 Å². The molecule has 2 rings (SSSR count). The summed E-state index contributed by atoms with van der Waals surface area (Å²) in [5.41, 5.74) is 0.580. The van der Waals surface area contributed by atoms with Crippen LogP contribution in [0.2, 0.25) is 0 Å². The molecule has 0 fully saturated rings. The first-order valence-corrected chi connectivity index (χ1v) is 10.1. The standard InChI is InChI=1S/C18H25F2N5O3S/c1-12(2)7-9-27-10-8-22-15(26)11-29-18-24-23-16(25(18)21)13-3-5-14(6-4-13)28-17(19)20/h3-6,12,17H,7-11,21H2,1-2H3,(H,22,26). The van der Waals surface area contributed by atoms with Crippen LogP contribution >= 0.6 is 11.8 Å². The first kappa shape index (κ1) is 22.9. The summed E-state index contributed by atoms with van der Waals surface area (Å²) in [7, 11) is 0. The van der Waals surface area contributed by atoms with E-state index < -0.39 is 6.61 Å². The Morgan fingerprint density at radius 3 is 2.62 bits per heavy atom. The molecule has 0 radical (unpaired) electrons. The Hall–Kier alpha value is -2.40. The van der Waals surface area contributed by atoms with Gasteiger partial charge in [0.1, 0.15) is 5.75 Å². The molecule has 0 saturated heterocycles. The van der Waals surface area contributed by atoms with E-state index >= 15 is 0 Å². The zero-order valence-electron chi connectivity index (χ0n) is 16.3. The van der Waals surface area contributed by atoms with Crippen LogP contribution in [0.4, 0.5) is 8.78 Å². The minimum absolute atomic E-state index is 0.0336. The maximum atomic E-state index is 12.2. The number of rotatable bonds is 12. The van der Waals surface area contributed by atoms with Crippen molar-refractivity contribution < 1.29 is 23.0 Å². The normalized spacial score (nSPS) is 11.2. The maximum absolute atomic E-state index is 12.2. The number of carbonyl (C=O) groups excluding carboxylic acids is 1. The van der Waals surface area contributed by atoms with E-state index in [-0.39, 0.29) is 17.4 Å². The third-order valence-electron chi connectivity index (χ3n) is 3.74. The van der Waals surface area contributed by atoms with Gasteiger partial charge < -0.3 is 20.6 Å². The van der Waals surface area contributed by atoms with Crippen molar-refractivity contribution >= 4 is 17.7 Å². The lowest BCUT2D eigenvalue weighted by Crippen LogP contribution is -2.29. The predicted octanol–water partition coefficient (Wildman–Crippen LogP) is 2.53. The molecule has 0 aliphatic carbocycles. The Labute approximate surface area is 172 Å². The van der Waals surface area contributed by atoms with E-state index in [1.54, 1.807) is 12.1 Å². The topological polar surface area (TPSA) is 104 Å². The van der Waals surface area contributed by atoms with Crippen molar-refractivity contribution in [3.05, 3.63) is 24.3 Å². The van der Waals surface area contributed by atoms with Gasteiger partial charge in [-0.3, -0.25) is 4.79 Å². The van der Waals surface area contributed by atoms with Gasteiger partial charge in [0.15, 0.2) is 5.82 Å². The van der Waals surface area contributed by atoms with Crippen LogP contribution in [0.3, 0.4) is 0 Å². The molecule has 0 saturated carbocycles. The second kappa shape index (κ2) is 11.6. The molecule has 2 aromatic rings. The summed E-state index contributed by atoms with van der Waals surface area (Å²) in [6.45, 7) is 2.94. The van der Waals surface area contributed by atoms with Crippen LogP contribution in [-0.2, 0) is 9.53 Å². The van der Waals surface area contributed by atoms with Crippen LogP contribution in [0, 0.1) is 5.92 Å². The van der Waals surface area contributed by atoms with E-state index in [0.29, 0.717) is 42.2 Å². The smallest absolute Gasteiger partial charge is 0.387 e. The first-order valence-electron chi connectivity index (χ1n) is 9.09. The average molecular weight is 429 g/mol. The summed E-state index contributed by atoms with van der Waals surface area (Å²) in [6, 6.07) is 5.87. The van der Waals surface area contributed by atoms with Gasteiger partial charge in [0.2, 0.25) is 11.1 Å². The highest BCUT2D eigenvalue weighted by Crippen LogP contribution is 2.24. The number of benzene rings is 1. The molecule has 1 amide bonds. The molecule has 0 atom stereocenters. The van der Waals surface area contributed by atoms with Crippen molar-refractivity contribution in [1.82, 2.24) is 20.2 Å². The van der Waals surface area contributed by atoms with Gasteiger partial charge in [0, 0.05) is 18.7 Å². The van der Waals surface area contributed by atoms with Gasteiger partial charge >= 0.3 is 6.61 Å². The van der Waals surface area contributed by atoms with Crippen molar-refractivity contribution in [2.24, 2.45) is 5.92 Å². The van der Waals surface area contributed by atoms with Gasteiger partial charge in [0.25, 0.3) is 0 Å². The van der Waals surface area contributed by atoms with E-state index in [0.717, 1.165) is 18.2 Å². The number of amides is 1. The Kier molecular flexibility index (Phi) is 9.13. The summed E-state index contributed by atoms with van der Waals surface area (Å²) >= 11 is 1.14. The number of thioether (sulfide) groups is 1. The summed E-state index contributed by atoms with van der Waals surface area (Å²) in [6.07, 6.45) is 0.986. The number of nitrogen functional groups attached to an aromatic ring is 1. The molecule has 29 heavy (non-hydrogen) atoms. The largest absolute Gasteiger partial charge is 0.435 e. The maximum Gasteiger partial charge on any atom is 0.387 e. The summed E-state index contributed by atoms with van der Waals surface area (Å²) < 4.78 is 35.4. The molecule has 1 aromatic carbocycles. The first-order chi connectivity index (χ1) is 13.9. The molecule has 0 spiro atoms. The second-order valence-corrected chi connectivity index (χ2v) is 7.46. The fourth-order valence-electron chi connectivity index (χ4n) is 2.22.